The van der Waals surface area contributed by atoms with Gasteiger partial charge in [0.2, 0.25) is 0 Å². The Morgan fingerprint density at radius 2 is 1.84 bits per heavy atom. The van der Waals surface area contributed by atoms with Crippen molar-refractivity contribution in [3.63, 3.8) is 0 Å². The van der Waals surface area contributed by atoms with Gasteiger partial charge in [0.25, 0.3) is 0 Å². The summed E-state index contributed by atoms with van der Waals surface area (Å²) in [6.07, 6.45) is 7.90. The number of aryl methyl sites for hydroxylation is 1. The number of benzene rings is 1. The van der Waals surface area contributed by atoms with Gasteiger partial charge in [-0.3, -0.25) is 0 Å². The van der Waals surface area contributed by atoms with E-state index in [4.69, 9.17) is 0 Å². The first-order valence-electron chi connectivity index (χ1n) is 7.90. The third kappa shape index (κ3) is 2.79. The molecule has 1 heterocycles. The van der Waals surface area contributed by atoms with E-state index in [1.165, 1.54) is 63.0 Å². The molecule has 2 nitrogen and oxygen atoms in total. The zero-order valence-electron chi connectivity index (χ0n) is 12.1. The van der Waals surface area contributed by atoms with E-state index in [2.05, 4.69) is 41.4 Å². The van der Waals surface area contributed by atoms with Crippen molar-refractivity contribution in [2.24, 2.45) is 0 Å². The summed E-state index contributed by atoms with van der Waals surface area (Å²) in [7, 11) is 0. The number of anilines is 1. The molecule has 1 saturated carbocycles. The Balaban J connectivity index is 1.77. The van der Waals surface area contributed by atoms with Crippen LogP contribution < -0.4 is 10.2 Å². The predicted molar refractivity (Wildman–Crippen MR) is 81.9 cm³/mol. The highest BCUT2D eigenvalue weighted by Crippen LogP contribution is 2.33. The molecular weight excluding hydrogens is 232 g/mol. The summed E-state index contributed by atoms with van der Waals surface area (Å²) in [6, 6.07) is 9.20. The summed E-state index contributed by atoms with van der Waals surface area (Å²) in [5.41, 5.74) is 3.25. The first-order valence-corrected chi connectivity index (χ1v) is 7.90. The standard InChI is InChI=1S/C17H26N2/c1-2-15-6-8-16(9-7-15)19-13-5-12-18-17(14-19)10-3-4-11-17/h6-9,18H,2-5,10-14H2,1H3. The van der Waals surface area contributed by atoms with E-state index in [1.54, 1.807) is 0 Å². The molecule has 2 aliphatic rings. The Morgan fingerprint density at radius 3 is 2.53 bits per heavy atom. The topological polar surface area (TPSA) is 15.3 Å². The first kappa shape index (κ1) is 13.0. The molecule has 1 saturated heterocycles. The highest BCUT2D eigenvalue weighted by Gasteiger charge is 2.36. The summed E-state index contributed by atoms with van der Waals surface area (Å²) in [6.45, 7) is 5.79. The average Bonchev–Trinajstić information content (AvgIpc) is 2.80. The lowest BCUT2D eigenvalue weighted by Crippen LogP contribution is -2.49. The third-order valence-electron chi connectivity index (χ3n) is 4.87. The molecule has 1 aromatic carbocycles. The van der Waals surface area contributed by atoms with Crippen LogP contribution >= 0.6 is 0 Å². The predicted octanol–water partition coefficient (Wildman–Crippen LogP) is 3.36. The molecule has 19 heavy (non-hydrogen) atoms. The van der Waals surface area contributed by atoms with Crippen molar-refractivity contribution in [2.75, 3.05) is 24.5 Å². The molecule has 1 aliphatic heterocycles. The molecule has 0 aromatic heterocycles. The van der Waals surface area contributed by atoms with Crippen LogP contribution in [0.2, 0.25) is 0 Å². The van der Waals surface area contributed by atoms with Crippen molar-refractivity contribution in [1.82, 2.24) is 5.32 Å². The Kier molecular flexibility index (Phi) is 3.79. The summed E-state index contributed by atoms with van der Waals surface area (Å²) < 4.78 is 0. The maximum Gasteiger partial charge on any atom is 0.0367 e. The van der Waals surface area contributed by atoms with E-state index >= 15 is 0 Å². The minimum Gasteiger partial charge on any atom is -0.370 e. The molecule has 1 aromatic rings. The van der Waals surface area contributed by atoms with Gasteiger partial charge in [-0.25, -0.2) is 0 Å². The molecule has 0 amide bonds. The van der Waals surface area contributed by atoms with Crippen molar-refractivity contribution in [1.29, 1.82) is 0 Å². The summed E-state index contributed by atoms with van der Waals surface area (Å²) in [5.74, 6) is 0. The fourth-order valence-corrected chi connectivity index (χ4v) is 3.67. The monoisotopic (exact) mass is 258 g/mol. The quantitative estimate of drug-likeness (QED) is 0.875. The summed E-state index contributed by atoms with van der Waals surface area (Å²) in [4.78, 5) is 2.60. The molecule has 1 spiro atoms. The van der Waals surface area contributed by atoms with Crippen LogP contribution in [0.5, 0.6) is 0 Å². The van der Waals surface area contributed by atoms with Gasteiger partial charge in [0.15, 0.2) is 0 Å². The second-order valence-electron chi connectivity index (χ2n) is 6.21. The van der Waals surface area contributed by atoms with Crippen LogP contribution in [0.15, 0.2) is 24.3 Å². The largest absolute Gasteiger partial charge is 0.370 e. The minimum atomic E-state index is 0.403. The highest BCUT2D eigenvalue weighted by atomic mass is 15.2. The highest BCUT2D eigenvalue weighted by molar-refractivity contribution is 5.48. The van der Waals surface area contributed by atoms with Gasteiger partial charge in [0.1, 0.15) is 0 Å². The zero-order chi connectivity index (χ0) is 13.1. The molecule has 0 bridgehead atoms. The summed E-state index contributed by atoms with van der Waals surface area (Å²) in [5, 5.41) is 3.84. The number of hydrogen-bond donors (Lipinski definition) is 1. The van der Waals surface area contributed by atoms with E-state index in [1.807, 2.05) is 0 Å². The number of rotatable bonds is 2. The van der Waals surface area contributed by atoms with E-state index < -0.39 is 0 Å². The van der Waals surface area contributed by atoms with Crippen LogP contribution in [-0.2, 0) is 6.42 Å². The van der Waals surface area contributed by atoms with Crippen LogP contribution in [0, 0.1) is 0 Å². The average molecular weight is 258 g/mol. The fourth-order valence-electron chi connectivity index (χ4n) is 3.67. The molecule has 0 unspecified atom stereocenters. The van der Waals surface area contributed by atoms with Crippen molar-refractivity contribution in [3.05, 3.63) is 29.8 Å². The fraction of sp³-hybridized carbons (Fsp3) is 0.647. The van der Waals surface area contributed by atoms with Crippen molar-refractivity contribution in [3.8, 4) is 0 Å². The van der Waals surface area contributed by atoms with Gasteiger partial charge < -0.3 is 10.2 Å². The van der Waals surface area contributed by atoms with Gasteiger partial charge in [0, 0.05) is 24.3 Å². The Morgan fingerprint density at radius 1 is 1.11 bits per heavy atom. The maximum absolute atomic E-state index is 3.84. The SMILES string of the molecule is CCc1ccc(N2CCCNC3(CCCC3)C2)cc1. The molecule has 2 heteroatoms. The molecular formula is C17H26N2. The van der Waals surface area contributed by atoms with Gasteiger partial charge in [-0.15, -0.1) is 0 Å². The van der Waals surface area contributed by atoms with Crippen LogP contribution in [0.1, 0.15) is 44.6 Å². The van der Waals surface area contributed by atoms with Crippen molar-refractivity contribution >= 4 is 5.69 Å². The van der Waals surface area contributed by atoms with Crippen LogP contribution in [0.3, 0.4) is 0 Å². The Bertz CT molecular complexity index is 404. The van der Waals surface area contributed by atoms with Gasteiger partial charge in [-0.05, 0) is 49.9 Å². The lowest BCUT2D eigenvalue weighted by molar-refractivity contribution is 0.354. The van der Waals surface area contributed by atoms with E-state index in [0.29, 0.717) is 5.54 Å². The number of nitrogens with zero attached hydrogens (tertiary/aromatic N) is 1. The molecule has 1 N–H and O–H groups in total. The van der Waals surface area contributed by atoms with E-state index in [-0.39, 0.29) is 0 Å². The maximum atomic E-state index is 3.84. The number of nitrogens with one attached hydrogen (secondary N) is 1. The smallest absolute Gasteiger partial charge is 0.0367 e. The van der Waals surface area contributed by atoms with E-state index in [9.17, 15) is 0 Å². The van der Waals surface area contributed by atoms with Crippen LogP contribution in [0.4, 0.5) is 5.69 Å². The van der Waals surface area contributed by atoms with Crippen molar-refractivity contribution < 1.29 is 0 Å². The zero-order valence-corrected chi connectivity index (χ0v) is 12.1. The van der Waals surface area contributed by atoms with Crippen LogP contribution in [0.25, 0.3) is 0 Å². The minimum absolute atomic E-state index is 0.403. The van der Waals surface area contributed by atoms with E-state index in [0.717, 1.165) is 6.42 Å². The Labute approximate surface area is 117 Å². The normalized spacial score (nSPS) is 22.7. The summed E-state index contributed by atoms with van der Waals surface area (Å²) >= 11 is 0. The van der Waals surface area contributed by atoms with Gasteiger partial charge in [0.05, 0.1) is 0 Å². The lowest BCUT2D eigenvalue weighted by atomic mass is 9.97. The Hall–Kier alpha value is -1.02. The second-order valence-corrected chi connectivity index (χ2v) is 6.21. The molecule has 1 aliphatic carbocycles. The van der Waals surface area contributed by atoms with Gasteiger partial charge >= 0.3 is 0 Å². The molecule has 0 atom stereocenters. The molecule has 0 radical (unpaired) electrons. The van der Waals surface area contributed by atoms with Gasteiger partial charge in [-0.2, -0.15) is 0 Å². The van der Waals surface area contributed by atoms with Crippen molar-refractivity contribution in [2.45, 2.75) is 51.0 Å². The molecule has 2 fully saturated rings. The lowest BCUT2D eigenvalue weighted by Gasteiger charge is -2.34. The first-order chi connectivity index (χ1) is 9.31. The molecule has 104 valence electrons. The molecule has 3 rings (SSSR count). The van der Waals surface area contributed by atoms with Crippen LogP contribution in [-0.4, -0.2) is 25.2 Å². The number of hydrogen-bond acceptors (Lipinski definition) is 2. The second kappa shape index (κ2) is 5.54. The van der Waals surface area contributed by atoms with Gasteiger partial charge in [-0.1, -0.05) is 31.9 Å². The third-order valence-corrected chi connectivity index (χ3v) is 4.87.